The molecule has 0 saturated carbocycles. The fourth-order valence-corrected chi connectivity index (χ4v) is 2.26. The van der Waals surface area contributed by atoms with Crippen molar-refractivity contribution >= 4 is 23.4 Å². The van der Waals surface area contributed by atoms with Gasteiger partial charge < -0.3 is 10.2 Å². The zero-order valence-corrected chi connectivity index (χ0v) is 13.5. The van der Waals surface area contributed by atoms with Gasteiger partial charge >= 0.3 is 5.97 Å². The average Bonchev–Trinajstić information content (AvgIpc) is 2.41. The van der Waals surface area contributed by atoms with Gasteiger partial charge in [-0.05, 0) is 45.7 Å². The fourth-order valence-electron chi connectivity index (χ4n) is 2.08. The van der Waals surface area contributed by atoms with Crippen molar-refractivity contribution in [1.29, 1.82) is 0 Å². The molecule has 1 aromatic rings. The first kappa shape index (κ1) is 16.0. The van der Waals surface area contributed by atoms with Crippen LogP contribution in [0.1, 0.15) is 33.6 Å². The quantitative estimate of drug-likeness (QED) is 0.929. The fraction of sp³-hybridized carbons (Fsp3) is 0.600. The van der Waals surface area contributed by atoms with E-state index in [0.29, 0.717) is 17.4 Å². The summed E-state index contributed by atoms with van der Waals surface area (Å²) in [5.41, 5.74) is -0.495. The minimum absolute atomic E-state index is 0.166. The molecular formula is C15H22ClN3O2. The Morgan fingerprint density at radius 3 is 2.95 bits per heavy atom. The molecule has 1 N–H and O–H groups in total. The summed E-state index contributed by atoms with van der Waals surface area (Å²) in [4.78, 5) is 21.6. The van der Waals surface area contributed by atoms with Gasteiger partial charge in [0.1, 0.15) is 5.82 Å². The SMILES string of the molecule is CC(C)(C)C(=O)ON1CCC[C@@H](Nc2ncccc2Cl)C1. The zero-order valence-electron chi connectivity index (χ0n) is 12.7. The molecule has 0 bridgehead atoms. The van der Waals surface area contributed by atoms with Crippen molar-refractivity contribution < 1.29 is 9.63 Å². The Morgan fingerprint density at radius 2 is 2.29 bits per heavy atom. The third-order valence-corrected chi connectivity index (χ3v) is 3.61. The zero-order chi connectivity index (χ0) is 15.5. The number of nitrogens with zero attached hydrogens (tertiary/aromatic N) is 2. The van der Waals surface area contributed by atoms with Gasteiger partial charge in [0.2, 0.25) is 0 Å². The highest BCUT2D eigenvalue weighted by Gasteiger charge is 2.29. The molecule has 0 unspecified atom stereocenters. The lowest BCUT2D eigenvalue weighted by Gasteiger charge is -2.33. The molecule has 0 amide bonds. The van der Waals surface area contributed by atoms with Gasteiger partial charge in [-0.3, -0.25) is 0 Å². The van der Waals surface area contributed by atoms with E-state index in [4.69, 9.17) is 16.4 Å². The molecule has 2 rings (SSSR count). The predicted molar refractivity (Wildman–Crippen MR) is 83.0 cm³/mol. The molecule has 1 saturated heterocycles. The van der Waals surface area contributed by atoms with Crippen LogP contribution in [0.3, 0.4) is 0 Å². The van der Waals surface area contributed by atoms with Gasteiger partial charge in [0.15, 0.2) is 0 Å². The van der Waals surface area contributed by atoms with E-state index < -0.39 is 5.41 Å². The molecule has 1 aliphatic rings. The number of hydroxylamine groups is 2. The maximum absolute atomic E-state index is 11.9. The number of aromatic nitrogens is 1. The number of pyridine rings is 1. The lowest BCUT2D eigenvalue weighted by molar-refractivity contribution is -0.204. The molecule has 6 heteroatoms. The van der Waals surface area contributed by atoms with Gasteiger partial charge in [0.05, 0.1) is 17.0 Å². The molecular weight excluding hydrogens is 290 g/mol. The van der Waals surface area contributed by atoms with Crippen molar-refractivity contribution in [2.75, 3.05) is 18.4 Å². The largest absolute Gasteiger partial charge is 0.367 e. The molecule has 0 radical (unpaired) electrons. The minimum atomic E-state index is -0.495. The number of carbonyl (C=O) groups is 1. The van der Waals surface area contributed by atoms with Gasteiger partial charge in [-0.1, -0.05) is 11.6 Å². The third kappa shape index (κ3) is 4.58. The second-order valence-electron chi connectivity index (χ2n) is 6.33. The Hall–Kier alpha value is -1.33. The molecule has 1 atom stereocenters. The van der Waals surface area contributed by atoms with E-state index in [2.05, 4.69) is 10.3 Å². The Balaban J connectivity index is 1.92. The lowest BCUT2D eigenvalue weighted by atomic mass is 9.98. The van der Waals surface area contributed by atoms with Crippen LogP contribution in [-0.2, 0) is 9.63 Å². The topological polar surface area (TPSA) is 54.5 Å². The van der Waals surface area contributed by atoms with Crippen molar-refractivity contribution in [3.63, 3.8) is 0 Å². The Labute approximate surface area is 130 Å². The standard InChI is InChI=1S/C15H22ClN3O2/c1-15(2,3)14(20)21-19-9-5-6-11(10-19)18-13-12(16)7-4-8-17-13/h4,7-8,11H,5-6,9-10H2,1-3H3,(H,17,18)/t11-/m1/s1. The van der Waals surface area contributed by atoms with E-state index in [0.717, 1.165) is 19.4 Å². The van der Waals surface area contributed by atoms with Crippen LogP contribution >= 0.6 is 11.6 Å². The highest BCUT2D eigenvalue weighted by Crippen LogP contribution is 2.22. The molecule has 1 aliphatic heterocycles. The molecule has 21 heavy (non-hydrogen) atoms. The van der Waals surface area contributed by atoms with Gasteiger partial charge in [0, 0.05) is 18.8 Å². The van der Waals surface area contributed by atoms with E-state index in [1.54, 1.807) is 23.4 Å². The lowest BCUT2D eigenvalue weighted by Crippen LogP contribution is -2.44. The van der Waals surface area contributed by atoms with Gasteiger partial charge in [-0.2, -0.15) is 0 Å². The van der Waals surface area contributed by atoms with E-state index in [1.807, 2.05) is 20.8 Å². The monoisotopic (exact) mass is 311 g/mol. The summed E-state index contributed by atoms with van der Waals surface area (Å²) in [6.45, 7) is 6.94. The first-order valence-electron chi connectivity index (χ1n) is 7.20. The highest BCUT2D eigenvalue weighted by atomic mass is 35.5. The van der Waals surface area contributed by atoms with Gasteiger partial charge in [0.25, 0.3) is 0 Å². The van der Waals surface area contributed by atoms with Crippen LogP contribution < -0.4 is 5.32 Å². The number of rotatable bonds is 3. The molecule has 1 fully saturated rings. The maximum atomic E-state index is 11.9. The number of hydrogen-bond acceptors (Lipinski definition) is 5. The van der Waals surface area contributed by atoms with E-state index in [1.165, 1.54) is 0 Å². The summed E-state index contributed by atoms with van der Waals surface area (Å²) in [6, 6.07) is 3.77. The summed E-state index contributed by atoms with van der Waals surface area (Å²) in [5, 5.41) is 5.64. The van der Waals surface area contributed by atoms with Crippen LogP contribution in [0.5, 0.6) is 0 Å². The van der Waals surface area contributed by atoms with Crippen LogP contribution in [0.4, 0.5) is 5.82 Å². The molecule has 1 aromatic heterocycles. The van der Waals surface area contributed by atoms with Gasteiger partial charge in [-0.15, -0.1) is 5.06 Å². The smallest absolute Gasteiger partial charge is 0.330 e. The van der Waals surface area contributed by atoms with Crippen molar-refractivity contribution in [3.05, 3.63) is 23.4 Å². The number of halogens is 1. The summed E-state index contributed by atoms with van der Waals surface area (Å²) in [7, 11) is 0. The van der Waals surface area contributed by atoms with E-state index in [9.17, 15) is 4.79 Å². The predicted octanol–water partition coefficient (Wildman–Crippen LogP) is 3.12. The van der Waals surface area contributed by atoms with Crippen LogP contribution in [0.25, 0.3) is 0 Å². The molecule has 0 aromatic carbocycles. The number of anilines is 1. The average molecular weight is 312 g/mol. The molecule has 116 valence electrons. The minimum Gasteiger partial charge on any atom is -0.367 e. The summed E-state index contributed by atoms with van der Waals surface area (Å²) < 4.78 is 0. The number of nitrogens with one attached hydrogen (secondary N) is 1. The first-order chi connectivity index (χ1) is 9.86. The molecule has 0 aliphatic carbocycles. The highest BCUT2D eigenvalue weighted by molar-refractivity contribution is 6.32. The van der Waals surface area contributed by atoms with E-state index in [-0.39, 0.29) is 12.0 Å². The Bertz CT molecular complexity index is 502. The second kappa shape index (κ2) is 6.62. The van der Waals surface area contributed by atoms with Gasteiger partial charge in [-0.25, -0.2) is 9.78 Å². The molecule has 0 spiro atoms. The molecule has 5 nitrogen and oxygen atoms in total. The summed E-state index contributed by atoms with van der Waals surface area (Å²) in [6.07, 6.45) is 3.66. The van der Waals surface area contributed by atoms with Crippen LogP contribution in [0.15, 0.2) is 18.3 Å². The molecule has 2 heterocycles. The number of carbonyl (C=O) groups excluding carboxylic acids is 1. The first-order valence-corrected chi connectivity index (χ1v) is 7.58. The normalized spacial score (nSPS) is 20.1. The summed E-state index contributed by atoms with van der Waals surface area (Å²) in [5.74, 6) is 0.465. The van der Waals surface area contributed by atoms with Crippen molar-refractivity contribution in [2.24, 2.45) is 5.41 Å². The van der Waals surface area contributed by atoms with E-state index >= 15 is 0 Å². The second-order valence-corrected chi connectivity index (χ2v) is 6.74. The Morgan fingerprint density at radius 1 is 1.52 bits per heavy atom. The summed E-state index contributed by atoms with van der Waals surface area (Å²) >= 11 is 6.10. The van der Waals surface area contributed by atoms with Crippen LogP contribution in [-0.4, -0.2) is 35.1 Å². The number of piperidine rings is 1. The number of hydrogen-bond donors (Lipinski definition) is 1. The third-order valence-electron chi connectivity index (χ3n) is 3.31. The maximum Gasteiger partial charge on any atom is 0.330 e. The van der Waals surface area contributed by atoms with Crippen molar-refractivity contribution in [1.82, 2.24) is 10.0 Å². The Kier molecular flexibility index (Phi) is 5.06. The van der Waals surface area contributed by atoms with Crippen molar-refractivity contribution in [2.45, 2.75) is 39.7 Å². The van der Waals surface area contributed by atoms with Crippen LogP contribution in [0.2, 0.25) is 5.02 Å². The van der Waals surface area contributed by atoms with Crippen molar-refractivity contribution in [3.8, 4) is 0 Å². The van der Waals surface area contributed by atoms with Crippen LogP contribution in [0, 0.1) is 5.41 Å².